The van der Waals surface area contributed by atoms with Crippen molar-refractivity contribution in [1.82, 2.24) is 15.2 Å². The third-order valence-corrected chi connectivity index (χ3v) is 11.6. The third-order valence-electron chi connectivity index (χ3n) is 10.1. The first-order valence-electron chi connectivity index (χ1n) is 16.0. The lowest BCUT2D eigenvalue weighted by atomic mass is 9.65. The molecule has 0 spiro atoms. The zero-order valence-corrected chi connectivity index (χ0v) is 28.2. The summed E-state index contributed by atoms with van der Waals surface area (Å²) in [5.74, 6) is -0.276. The third kappa shape index (κ3) is 6.88. The van der Waals surface area contributed by atoms with Gasteiger partial charge in [-0.2, -0.15) is 18.3 Å². The Hall–Kier alpha value is -3.38. The van der Waals surface area contributed by atoms with E-state index >= 15 is 0 Å². The summed E-state index contributed by atoms with van der Waals surface area (Å²) < 4.78 is 46.4. The van der Waals surface area contributed by atoms with Gasteiger partial charge in [-0.25, -0.2) is 4.98 Å². The van der Waals surface area contributed by atoms with Crippen molar-refractivity contribution >= 4 is 29.1 Å². The molecule has 0 radical (unpaired) electrons. The van der Waals surface area contributed by atoms with Crippen LogP contribution in [0.2, 0.25) is 5.02 Å². The molecule has 0 amide bonds. The number of allylic oxidation sites excluding steroid dienone is 2. The number of hydrogen-bond donors (Lipinski definition) is 3. The minimum atomic E-state index is -4.58. The number of aliphatic hydroxyl groups is 2. The van der Waals surface area contributed by atoms with E-state index in [1.54, 1.807) is 6.07 Å². The molecule has 48 heavy (non-hydrogen) atoms. The van der Waals surface area contributed by atoms with Crippen LogP contribution in [0.5, 0.6) is 0 Å². The topological polar surface area (TPSA) is 112 Å². The van der Waals surface area contributed by atoms with Crippen LogP contribution >= 0.6 is 23.4 Å². The first-order valence-corrected chi connectivity index (χ1v) is 17.3. The van der Waals surface area contributed by atoms with Crippen molar-refractivity contribution in [1.29, 1.82) is 0 Å². The second-order valence-electron chi connectivity index (χ2n) is 13.2. The molecule has 0 unspecified atom stereocenters. The van der Waals surface area contributed by atoms with E-state index in [9.17, 15) is 28.2 Å². The predicted molar refractivity (Wildman–Crippen MR) is 178 cm³/mol. The molecule has 3 N–H and O–H groups in total. The number of rotatable bonds is 6. The number of carbonyl (C=O) groups is 1. The van der Waals surface area contributed by atoms with E-state index in [2.05, 4.69) is 35.1 Å². The van der Waals surface area contributed by atoms with Crippen LogP contribution in [0.4, 0.5) is 13.2 Å². The Morgan fingerprint density at radius 1 is 1.15 bits per heavy atom. The van der Waals surface area contributed by atoms with Crippen LogP contribution < -0.4 is 0 Å². The number of hydrogen-bond acceptors (Lipinski definition) is 7. The molecule has 2 bridgehead atoms. The summed E-state index contributed by atoms with van der Waals surface area (Å²) in [6, 6.07) is 11.5. The Morgan fingerprint density at radius 2 is 1.96 bits per heavy atom. The van der Waals surface area contributed by atoms with Gasteiger partial charge in [-0.05, 0) is 105 Å². The molecule has 0 saturated heterocycles. The lowest BCUT2D eigenvalue weighted by Gasteiger charge is -2.44. The Bertz CT molecular complexity index is 1820. The maximum absolute atomic E-state index is 14.3. The van der Waals surface area contributed by atoms with Gasteiger partial charge in [0.1, 0.15) is 12.1 Å². The number of halogens is 4. The summed E-state index contributed by atoms with van der Waals surface area (Å²) in [6.45, 7) is 4.15. The van der Waals surface area contributed by atoms with E-state index in [1.807, 2.05) is 12.1 Å². The standard InChI is InChI=1S/C36H37ClF3N3O4S/c1-21-4-3-14-34(2)28(13-15-35(34,46)19-48-33-41-20-42-43-33)25-9-6-22(16-24(44)8-5-21)17-26(25)32(45)31-12-11-30(47-31)27-18-23(36(38,39)40)7-10-29(27)37/h4,6-7,9-12,17-18,20,24,28,44,46H,3,5,8,13-16,19H2,1-2H3,(H,41,42,43)/t24-,28-,34-,35+/m0/s1. The van der Waals surface area contributed by atoms with Gasteiger partial charge in [0.2, 0.25) is 5.78 Å². The number of ketones is 1. The van der Waals surface area contributed by atoms with Gasteiger partial charge < -0.3 is 14.6 Å². The van der Waals surface area contributed by atoms with Gasteiger partial charge >= 0.3 is 6.18 Å². The number of nitrogens with one attached hydrogen (secondary N) is 1. The summed E-state index contributed by atoms with van der Waals surface area (Å²) in [5, 5.41) is 30.7. The molecule has 3 aliphatic carbocycles. The second-order valence-corrected chi connectivity index (χ2v) is 14.6. The minimum Gasteiger partial charge on any atom is -0.453 e. The van der Waals surface area contributed by atoms with Crippen molar-refractivity contribution in [2.75, 3.05) is 5.75 Å². The van der Waals surface area contributed by atoms with Crippen LogP contribution in [-0.2, 0) is 12.6 Å². The van der Waals surface area contributed by atoms with Gasteiger partial charge in [-0.15, -0.1) is 0 Å². The monoisotopic (exact) mass is 699 g/mol. The average Bonchev–Trinajstić information content (AvgIpc) is 3.80. The molecule has 7 rings (SSSR count). The lowest BCUT2D eigenvalue weighted by molar-refractivity contribution is -0.137. The Kier molecular flexibility index (Phi) is 9.70. The molecule has 2 aromatic heterocycles. The number of nitrogens with zero attached hydrogens (tertiary/aromatic N) is 2. The molecule has 1 fully saturated rings. The highest BCUT2D eigenvalue weighted by Gasteiger charge is 2.56. The molecule has 4 aromatic rings. The van der Waals surface area contributed by atoms with Crippen molar-refractivity contribution in [3.63, 3.8) is 0 Å². The Balaban J connectivity index is 1.41. The van der Waals surface area contributed by atoms with Crippen molar-refractivity contribution in [3.8, 4) is 11.3 Å². The van der Waals surface area contributed by atoms with Gasteiger partial charge in [0.05, 0.1) is 22.3 Å². The van der Waals surface area contributed by atoms with Gasteiger partial charge in [0, 0.05) is 22.3 Å². The molecule has 4 atom stereocenters. The number of benzene rings is 2. The van der Waals surface area contributed by atoms with E-state index in [0.29, 0.717) is 55.0 Å². The van der Waals surface area contributed by atoms with E-state index in [4.69, 9.17) is 16.0 Å². The zero-order valence-electron chi connectivity index (χ0n) is 26.6. The van der Waals surface area contributed by atoms with E-state index < -0.39 is 34.6 Å². The van der Waals surface area contributed by atoms with Gasteiger partial charge in [0.15, 0.2) is 10.9 Å². The van der Waals surface area contributed by atoms with Gasteiger partial charge in [-0.1, -0.05) is 54.1 Å². The molecular weight excluding hydrogens is 663 g/mol. The predicted octanol–water partition coefficient (Wildman–Crippen LogP) is 8.80. The van der Waals surface area contributed by atoms with Crippen molar-refractivity contribution in [2.24, 2.45) is 5.41 Å². The van der Waals surface area contributed by atoms with Crippen molar-refractivity contribution < 1.29 is 32.6 Å². The van der Waals surface area contributed by atoms with E-state index in [0.717, 1.165) is 35.7 Å². The molecule has 254 valence electrons. The average molecular weight is 700 g/mol. The number of fused-ring (bicyclic) bond motifs is 8. The minimum absolute atomic E-state index is 0.0260. The summed E-state index contributed by atoms with van der Waals surface area (Å²) in [6.07, 6.45) is 2.54. The number of furan rings is 1. The SMILES string of the molecule is CC1=CCC[C@@]2(C)[C@@H](CC[C@@]2(O)CSc2ncn[nH]2)c2ccc(cc2C(=O)c2ccc(-c3cc(C(F)(F)F)ccc3Cl)o2)C[C@@H](O)CC1. The number of carbonyl (C=O) groups excluding carboxylic acids is 1. The fourth-order valence-corrected chi connectivity index (χ4v) is 8.55. The van der Waals surface area contributed by atoms with Gasteiger partial charge in [0.25, 0.3) is 0 Å². The quantitative estimate of drug-likeness (QED) is 0.105. The zero-order chi connectivity index (χ0) is 34.3. The maximum Gasteiger partial charge on any atom is 0.416 e. The highest BCUT2D eigenvalue weighted by molar-refractivity contribution is 7.99. The molecular formula is C36H37ClF3N3O4S. The van der Waals surface area contributed by atoms with E-state index in [-0.39, 0.29) is 28.0 Å². The molecule has 1 saturated carbocycles. The largest absolute Gasteiger partial charge is 0.453 e. The number of aromatic nitrogens is 3. The molecule has 2 heterocycles. The number of alkyl halides is 3. The van der Waals surface area contributed by atoms with Crippen LogP contribution in [0.15, 0.2) is 76.1 Å². The van der Waals surface area contributed by atoms with Crippen molar-refractivity contribution in [3.05, 3.63) is 99.5 Å². The van der Waals surface area contributed by atoms with E-state index in [1.165, 1.54) is 35.8 Å². The van der Waals surface area contributed by atoms with Gasteiger partial charge in [-0.3, -0.25) is 9.89 Å². The molecule has 0 aliphatic heterocycles. The Morgan fingerprint density at radius 3 is 2.71 bits per heavy atom. The molecule has 2 aromatic carbocycles. The smallest absolute Gasteiger partial charge is 0.416 e. The Labute approximate surface area is 286 Å². The fraction of sp³-hybridized carbons (Fsp3) is 0.417. The highest BCUT2D eigenvalue weighted by Crippen LogP contribution is 2.59. The van der Waals surface area contributed by atoms with Crippen LogP contribution in [0.3, 0.4) is 0 Å². The molecule has 3 aliphatic rings. The highest BCUT2D eigenvalue weighted by atomic mass is 35.5. The normalized spacial score (nSPS) is 25.0. The second kappa shape index (κ2) is 13.5. The summed E-state index contributed by atoms with van der Waals surface area (Å²) in [7, 11) is 0. The van der Waals surface area contributed by atoms with Crippen LogP contribution in [0.1, 0.15) is 91.1 Å². The summed E-state index contributed by atoms with van der Waals surface area (Å²) in [4.78, 5) is 18.6. The van der Waals surface area contributed by atoms with Crippen molar-refractivity contribution in [2.45, 2.75) is 87.7 Å². The summed E-state index contributed by atoms with van der Waals surface area (Å²) in [5.41, 5.74) is 0.500. The fourth-order valence-electron chi connectivity index (χ4n) is 7.25. The van der Waals surface area contributed by atoms with Crippen LogP contribution in [-0.4, -0.2) is 48.6 Å². The number of aliphatic hydroxyl groups excluding tert-OH is 1. The maximum atomic E-state index is 14.3. The molecule has 12 heteroatoms. The number of H-pyrrole nitrogens is 1. The number of aromatic amines is 1. The number of thioether (sulfide) groups is 1. The van der Waals surface area contributed by atoms with Crippen LogP contribution in [0.25, 0.3) is 11.3 Å². The summed E-state index contributed by atoms with van der Waals surface area (Å²) >= 11 is 7.69. The van der Waals surface area contributed by atoms with Crippen LogP contribution in [0, 0.1) is 5.41 Å². The lowest BCUT2D eigenvalue weighted by Crippen LogP contribution is -2.46. The molecule has 7 nitrogen and oxygen atoms in total. The first-order chi connectivity index (χ1) is 22.8. The first kappa shape index (κ1) is 34.5.